The van der Waals surface area contributed by atoms with Gasteiger partial charge in [0.2, 0.25) is 5.91 Å². The number of ketones is 1. The van der Waals surface area contributed by atoms with Gasteiger partial charge in [-0.1, -0.05) is 24.3 Å². The van der Waals surface area contributed by atoms with Gasteiger partial charge in [-0.15, -0.1) is 0 Å². The molecule has 0 unspecified atom stereocenters. The molecule has 6 aromatic rings. The Bertz CT molecular complexity index is 2530. The average Bonchev–Trinajstić information content (AvgIpc) is 4.14. The van der Waals surface area contributed by atoms with Crippen LogP contribution in [0.15, 0.2) is 97.6 Å². The van der Waals surface area contributed by atoms with Gasteiger partial charge >= 0.3 is 0 Å². The van der Waals surface area contributed by atoms with Crippen LogP contribution in [0.1, 0.15) is 52.7 Å². The van der Waals surface area contributed by atoms with Gasteiger partial charge in [0.25, 0.3) is 0 Å². The third kappa shape index (κ3) is 9.30. The number of ether oxygens (including phenoxy) is 2. The molecule has 8 rings (SSSR count). The van der Waals surface area contributed by atoms with E-state index in [1.807, 2.05) is 19.9 Å². The highest BCUT2D eigenvalue weighted by Gasteiger charge is 2.62. The first-order valence-electron chi connectivity index (χ1n) is 19.2. The lowest BCUT2D eigenvalue weighted by Crippen LogP contribution is -2.31. The Hall–Kier alpha value is -6.64. The predicted octanol–water partition coefficient (Wildman–Crippen LogP) is 7.66. The summed E-state index contributed by atoms with van der Waals surface area (Å²) in [6, 6.07) is 17.6. The topological polar surface area (TPSA) is 142 Å². The third-order valence-electron chi connectivity index (χ3n) is 10.9. The smallest absolute Gasteiger partial charge is 0.236 e. The number of carbonyl (C=O) groups is 2. The van der Waals surface area contributed by atoms with Crippen LogP contribution in [0.25, 0.3) is 0 Å². The van der Waals surface area contributed by atoms with Crippen molar-refractivity contribution in [3.63, 3.8) is 0 Å². The molecule has 15 heteroatoms. The molecule has 0 radical (unpaired) electrons. The number of halogens is 4. The minimum absolute atomic E-state index is 0.0288. The number of anilines is 1. The molecular formula is C45H41F4N7O4. The van der Waals surface area contributed by atoms with Crippen LogP contribution in [-0.2, 0) is 26.8 Å². The Kier molecular flexibility index (Phi) is 12.0. The molecule has 0 saturated heterocycles. The summed E-state index contributed by atoms with van der Waals surface area (Å²) in [6.45, 7) is 7.69. The summed E-state index contributed by atoms with van der Waals surface area (Å²) in [4.78, 5) is 50.9. The number of hydrogen-bond donors (Lipinski definition) is 1. The molecule has 0 spiro atoms. The summed E-state index contributed by atoms with van der Waals surface area (Å²) in [5.74, 6) is -0.0132. The lowest BCUT2D eigenvalue weighted by Gasteiger charge is -2.19. The van der Waals surface area contributed by atoms with Gasteiger partial charge < -0.3 is 14.8 Å². The van der Waals surface area contributed by atoms with Crippen molar-refractivity contribution in [2.24, 2.45) is 11.8 Å². The standard InChI is InChI=1S/C23H21F2N3O2.C22H20F2N4O2/c1-14-22(12-26-15(2)28-14)30-13-23(16-4-3-5-17(24)8-16)10-20(23)21(29)9-19-7-6-18(25)11-27-19;1-13-19(11-25-14(2)27-13)30-12-16-9-22(16,15-4-3-5-17(23)8-15)21(29)28-20-7-6-18(24)10-26-20/h3-8,11-12,20H,9-10,13H2,1-2H3;3-8,10-11,16H,9,12H2,1-2H3,(H,26,28,29)/t20-,23+;16-,22+/m00/s1. The zero-order valence-electron chi connectivity index (χ0n) is 33.3. The van der Waals surface area contributed by atoms with Crippen LogP contribution in [-0.4, -0.2) is 54.8 Å². The number of nitrogens with zero attached hydrogens (tertiary/aromatic N) is 6. The number of pyridine rings is 2. The molecule has 2 fully saturated rings. The molecular weight excluding hydrogens is 779 g/mol. The second-order valence-corrected chi connectivity index (χ2v) is 15.1. The van der Waals surface area contributed by atoms with Gasteiger partial charge in [0, 0.05) is 29.4 Å². The minimum atomic E-state index is -0.961. The number of benzene rings is 2. The zero-order chi connectivity index (χ0) is 42.6. The molecule has 2 aromatic carbocycles. The summed E-state index contributed by atoms with van der Waals surface area (Å²) in [5, 5.41) is 2.72. The van der Waals surface area contributed by atoms with Crippen LogP contribution < -0.4 is 14.8 Å². The Labute approximate surface area is 343 Å². The average molecular weight is 820 g/mol. The van der Waals surface area contributed by atoms with Crippen molar-refractivity contribution in [3.05, 3.63) is 161 Å². The summed E-state index contributed by atoms with van der Waals surface area (Å²) in [7, 11) is 0. The highest BCUT2D eigenvalue weighted by molar-refractivity contribution is 6.01. The maximum absolute atomic E-state index is 13.9. The summed E-state index contributed by atoms with van der Waals surface area (Å²) in [5.41, 5.74) is 1.61. The first kappa shape index (κ1) is 41.5. The number of amides is 1. The molecule has 4 atom stereocenters. The van der Waals surface area contributed by atoms with E-state index in [2.05, 4.69) is 35.2 Å². The SMILES string of the molecule is Cc1ncc(OC[C@@H]2C[C@@]2(C(=O)Nc2ccc(F)cn2)c2cccc(F)c2)c(C)n1.Cc1ncc(OC[C@@]2(c3cccc(F)c3)C[C@H]2C(=O)Cc2ccc(F)cn2)c(C)n1. The number of Topliss-reactive ketones (excluding diaryl/α,β-unsaturated/α-hetero) is 1. The van der Waals surface area contributed by atoms with Gasteiger partial charge in [-0.05, 0) is 100 Å². The molecule has 1 N–H and O–H groups in total. The molecule has 1 amide bonds. The molecule has 308 valence electrons. The fourth-order valence-electron chi connectivity index (χ4n) is 7.46. The molecule has 2 saturated carbocycles. The van der Waals surface area contributed by atoms with Gasteiger partial charge in [-0.3, -0.25) is 14.6 Å². The quantitative estimate of drug-likeness (QED) is 0.116. The van der Waals surface area contributed by atoms with Gasteiger partial charge in [0.1, 0.15) is 46.5 Å². The fourth-order valence-corrected chi connectivity index (χ4v) is 7.46. The Morgan fingerprint density at radius 2 is 1.28 bits per heavy atom. The minimum Gasteiger partial charge on any atom is -0.490 e. The molecule has 60 heavy (non-hydrogen) atoms. The van der Waals surface area contributed by atoms with Gasteiger partial charge in [0.15, 0.2) is 11.5 Å². The van der Waals surface area contributed by atoms with Crippen LogP contribution in [0.4, 0.5) is 23.4 Å². The maximum atomic E-state index is 13.9. The summed E-state index contributed by atoms with van der Waals surface area (Å²) in [6.07, 6.45) is 6.45. The Balaban J connectivity index is 0.000000181. The van der Waals surface area contributed by atoms with Crippen molar-refractivity contribution in [2.75, 3.05) is 18.5 Å². The molecule has 2 aliphatic rings. The van der Waals surface area contributed by atoms with Crippen molar-refractivity contribution < 1.29 is 36.6 Å². The number of carbonyl (C=O) groups excluding carboxylic acids is 2. The normalized spacial score (nSPS) is 20.0. The molecule has 4 aromatic heterocycles. The van der Waals surface area contributed by atoms with E-state index in [1.54, 1.807) is 44.4 Å². The van der Waals surface area contributed by atoms with Crippen molar-refractivity contribution in [2.45, 2.75) is 57.8 Å². The van der Waals surface area contributed by atoms with E-state index < -0.39 is 28.3 Å². The van der Waals surface area contributed by atoms with Crippen molar-refractivity contribution in [1.82, 2.24) is 29.9 Å². The highest BCUT2D eigenvalue weighted by Crippen LogP contribution is 2.56. The summed E-state index contributed by atoms with van der Waals surface area (Å²) < 4.78 is 65.9. The number of aryl methyl sites for hydroxylation is 4. The summed E-state index contributed by atoms with van der Waals surface area (Å²) >= 11 is 0. The van der Waals surface area contributed by atoms with E-state index in [9.17, 15) is 27.2 Å². The first-order valence-corrected chi connectivity index (χ1v) is 19.2. The number of rotatable bonds is 13. The van der Waals surface area contributed by atoms with Crippen LogP contribution in [0.2, 0.25) is 0 Å². The van der Waals surface area contributed by atoms with E-state index >= 15 is 0 Å². The lowest BCUT2D eigenvalue weighted by molar-refractivity contribution is -0.120. The van der Waals surface area contributed by atoms with Crippen molar-refractivity contribution in [1.29, 1.82) is 0 Å². The zero-order valence-corrected chi connectivity index (χ0v) is 33.3. The van der Waals surface area contributed by atoms with E-state index in [0.29, 0.717) is 58.6 Å². The van der Waals surface area contributed by atoms with Crippen LogP contribution in [0, 0.1) is 62.8 Å². The number of nitrogens with one attached hydrogen (secondary N) is 1. The predicted molar refractivity (Wildman–Crippen MR) is 212 cm³/mol. The Morgan fingerprint density at radius 3 is 1.87 bits per heavy atom. The van der Waals surface area contributed by atoms with Crippen LogP contribution in [0.3, 0.4) is 0 Å². The van der Waals surface area contributed by atoms with E-state index in [4.69, 9.17) is 9.47 Å². The number of hydrogen-bond acceptors (Lipinski definition) is 10. The van der Waals surface area contributed by atoms with Crippen LogP contribution in [0.5, 0.6) is 11.5 Å². The monoisotopic (exact) mass is 819 g/mol. The van der Waals surface area contributed by atoms with Crippen LogP contribution >= 0.6 is 0 Å². The highest BCUT2D eigenvalue weighted by atomic mass is 19.1. The number of aromatic nitrogens is 6. The molecule has 2 aliphatic carbocycles. The largest absolute Gasteiger partial charge is 0.490 e. The van der Waals surface area contributed by atoms with Crippen molar-refractivity contribution in [3.8, 4) is 11.5 Å². The fraction of sp³-hybridized carbons (Fsp3) is 0.289. The second kappa shape index (κ2) is 17.3. The molecule has 0 bridgehead atoms. The van der Waals surface area contributed by atoms with E-state index in [-0.39, 0.29) is 54.8 Å². The lowest BCUT2D eigenvalue weighted by atomic mass is 9.91. The molecule has 0 aliphatic heterocycles. The van der Waals surface area contributed by atoms with E-state index in [1.165, 1.54) is 48.5 Å². The van der Waals surface area contributed by atoms with Crippen molar-refractivity contribution >= 4 is 17.5 Å². The molecule has 4 heterocycles. The maximum Gasteiger partial charge on any atom is 0.236 e. The van der Waals surface area contributed by atoms with Gasteiger partial charge in [0.05, 0.1) is 54.8 Å². The van der Waals surface area contributed by atoms with Gasteiger partial charge in [-0.25, -0.2) is 42.5 Å². The first-order chi connectivity index (χ1) is 28.7. The molecule has 11 nitrogen and oxygen atoms in total. The van der Waals surface area contributed by atoms with Gasteiger partial charge in [-0.2, -0.15) is 0 Å². The second-order valence-electron chi connectivity index (χ2n) is 15.1. The third-order valence-corrected chi connectivity index (χ3v) is 10.9. The van der Waals surface area contributed by atoms with E-state index in [0.717, 1.165) is 18.0 Å². The Morgan fingerprint density at radius 1 is 0.683 bits per heavy atom.